The van der Waals surface area contributed by atoms with E-state index in [-0.39, 0.29) is 6.10 Å². The van der Waals surface area contributed by atoms with E-state index < -0.39 is 0 Å². The molecule has 2 fully saturated rings. The lowest BCUT2D eigenvalue weighted by molar-refractivity contribution is 0.145. The molecule has 3 rings (SSSR count). The molecule has 2 aliphatic rings. The highest BCUT2D eigenvalue weighted by Crippen LogP contribution is 2.22. The third-order valence-electron chi connectivity index (χ3n) is 5.98. The van der Waals surface area contributed by atoms with Crippen LogP contribution in [0, 0.1) is 5.92 Å². The quantitative estimate of drug-likeness (QED) is 0.831. The van der Waals surface area contributed by atoms with Gasteiger partial charge in [0.1, 0.15) is 0 Å². The number of likely N-dealkylation sites (tertiary alicyclic amines) is 1. The van der Waals surface area contributed by atoms with Crippen molar-refractivity contribution in [2.45, 2.75) is 51.7 Å². The summed E-state index contributed by atoms with van der Waals surface area (Å²) in [5.41, 5.74) is 2.64. The maximum absolute atomic E-state index is 9.64. The van der Waals surface area contributed by atoms with Crippen molar-refractivity contribution in [1.29, 1.82) is 0 Å². The van der Waals surface area contributed by atoms with Crippen LogP contribution in [0.1, 0.15) is 51.1 Å². The molecule has 4 nitrogen and oxygen atoms in total. The van der Waals surface area contributed by atoms with Crippen LogP contribution < -0.4 is 10.2 Å². The minimum atomic E-state index is -0.108. The van der Waals surface area contributed by atoms with Crippen molar-refractivity contribution in [3.8, 4) is 0 Å². The minimum Gasteiger partial charge on any atom is -0.393 e. The molecule has 2 heterocycles. The zero-order valence-electron chi connectivity index (χ0n) is 16.0. The number of anilines is 1. The van der Waals surface area contributed by atoms with Crippen LogP contribution in [0.4, 0.5) is 5.69 Å². The number of piperidine rings is 2. The Kier molecular flexibility index (Phi) is 6.74. The number of nitrogens with one attached hydrogen (secondary N) is 1. The van der Waals surface area contributed by atoms with Gasteiger partial charge in [0, 0.05) is 37.9 Å². The maximum atomic E-state index is 9.64. The Hall–Kier alpha value is -1.10. The average molecular weight is 346 g/mol. The third-order valence-corrected chi connectivity index (χ3v) is 5.98. The summed E-state index contributed by atoms with van der Waals surface area (Å²) in [6.45, 7) is 11.3. The summed E-state index contributed by atoms with van der Waals surface area (Å²) in [4.78, 5) is 4.97. The summed E-state index contributed by atoms with van der Waals surface area (Å²) in [6, 6.07) is 9.36. The van der Waals surface area contributed by atoms with E-state index in [1.54, 1.807) is 0 Å². The van der Waals surface area contributed by atoms with Crippen molar-refractivity contribution in [3.63, 3.8) is 0 Å². The van der Waals surface area contributed by atoms with Crippen molar-refractivity contribution in [1.82, 2.24) is 10.2 Å². The standard InChI is InChI=1S/C21H35N3O/c1-17-7-12-23(13-8-17)16-11-22-18(2)19-3-5-20(6-4-19)24-14-9-21(25)10-15-24/h3-6,17-18,21-22,25H,7-16H2,1-2H3. The minimum absolute atomic E-state index is 0.108. The fraction of sp³-hybridized carbons (Fsp3) is 0.714. The van der Waals surface area contributed by atoms with Crippen molar-refractivity contribution in [3.05, 3.63) is 29.8 Å². The summed E-state index contributed by atoms with van der Waals surface area (Å²) in [5.74, 6) is 0.907. The summed E-state index contributed by atoms with van der Waals surface area (Å²) in [6.07, 6.45) is 4.36. The van der Waals surface area contributed by atoms with Crippen LogP contribution in [0.15, 0.2) is 24.3 Å². The number of nitrogens with zero attached hydrogens (tertiary/aromatic N) is 2. The molecule has 0 radical (unpaired) electrons. The third kappa shape index (κ3) is 5.44. The number of aliphatic hydroxyl groups excluding tert-OH is 1. The highest BCUT2D eigenvalue weighted by atomic mass is 16.3. The van der Waals surface area contributed by atoms with E-state index in [9.17, 15) is 5.11 Å². The molecule has 140 valence electrons. The molecule has 0 aromatic heterocycles. The first-order valence-corrected chi connectivity index (χ1v) is 10.1. The van der Waals surface area contributed by atoms with Crippen LogP contribution in [-0.2, 0) is 0 Å². The second kappa shape index (κ2) is 9.02. The Morgan fingerprint density at radius 3 is 2.32 bits per heavy atom. The molecule has 4 heteroatoms. The van der Waals surface area contributed by atoms with Crippen LogP contribution in [0.3, 0.4) is 0 Å². The van der Waals surface area contributed by atoms with Gasteiger partial charge in [-0.2, -0.15) is 0 Å². The van der Waals surface area contributed by atoms with Crippen LogP contribution in [-0.4, -0.2) is 55.4 Å². The molecule has 2 aliphatic heterocycles. The Labute approximate surface area is 153 Å². The molecule has 0 aliphatic carbocycles. The lowest BCUT2D eigenvalue weighted by Gasteiger charge is -2.32. The first-order chi connectivity index (χ1) is 12.1. The number of aliphatic hydroxyl groups is 1. The second-order valence-electron chi connectivity index (χ2n) is 8.01. The molecule has 25 heavy (non-hydrogen) atoms. The second-order valence-corrected chi connectivity index (χ2v) is 8.01. The molecule has 1 unspecified atom stereocenters. The maximum Gasteiger partial charge on any atom is 0.0574 e. The highest BCUT2D eigenvalue weighted by Gasteiger charge is 2.18. The Bertz CT molecular complexity index is 502. The Balaban J connectivity index is 1.42. The van der Waals surface area contributed by atoms with Crippen molar-refractivity contribution < 1.29 is 5.11 Å². The van der Waals surface area contributed by atoms with Crippen molar-refractivity contribution in [2.24, 2.45) is 5.92 Å². The number of benzene rings is 1. The topological polar surface area (TPSA) is 38.7 Å². The van der Waals surface area contributed by atoms with E-state index in [0.717, 1.165) is 44.9 Å². The smallest absolute Gasteiger partial charge is 0.0574 e. The molecular weight excluding hydrogens is 310 g/mol. The predicted molar refractivity (Wildman–Crippen MR) is 105 cm³/mol. The molecular formula is C21H35N3O. The van der Waals surface area contributed by atoms with Gasteiger partial charge >= 0.3 is 0 Å². The van der Waals surface area contributed by atoms with Crippen LogP contribution in [0.5, 0.6) is 0 Å². The SMILES string of the molecule is CC1CCN(CCNC(C)c2ccc(N3CCC(O)CC3)cc2)CC1. The zero-order valence-corrected chi connectivity index (χ0v) is 16.0. The average Bonchev–Trinajstić information content (AvgIpc) is 2.64. The number of rotatable bonds is 6. The van der Waals surface area contributed by atoms with Gasteiger partial charge in [0.05, 0.1) is 6.10 Å². The van der Waals surface area contributed by atoms with E-state index in [4.69, 9.17) is 0 Å². The number of hydrogen-bond acceptors (Lipinski definition) is 4. The highest BCUT2D eigenvalue weighted by molar-refractivity contribution is 5.48. The molecule has 0 saturated carbocycles. The van der Waals surface area contributed by atoms with Gasteiger partial charge in [-0.25, -0.2) is 0 Å². The molecule has 2 N–H and O–H groups in total. The lowest BCUT2D eigenvalue weighted by atomic mass is 9.99. The van der Waals surface area contributed by atoms with E-state index >= 15 is 0 Å². The van der Waals surface area contributed by atoms with Crippen LogP contribution in [0.25, 0.3) is 0 Å². The Morgan fingerprint density at radius 2 is 1.68 bits per heavy atom. The van der Waals surface area contributed by atoms with Gasteiger partial charge < -0.3 is 20.2 Å². The molecule has 1 aromatic rings. The monoisotopic (exact) mass is 345 g/mol. The van der Waals surface area contributed by atoms with E-state index in [1.807, 2.05) is 0 Å². The predicted octanol–water partition coefficient (Wildman–Crippen LogP) is 3.03. The van der Waals surface area contributed by atoms with E-state index in [0.29, 0.717) is 6.04 Å². The first kappa shape index (κ1) is 18.7. The van der Waals surface area contributed by atoms with Gasteiger partial charge in [0.2, 0.25) is 0 Å². The Morgan fingerprint density at radius 1 is 1.04 bits per heavy atom. The lowest BCUT2D eigenvalue weighted by Crippen LogP contribution is -2.38. The zero-order chi connectivity index (χ0) is 17.6. The van der Waals surface area contributed by atoms with Crippen LogP contribution >= 0.6 is 0 Å². The molecule has 1 aromatic carbocycles. The molecule has 2 saturated heterocycles. The van der Waals surface area contributed by atoms with Gasteiger partial charge in [0.25, 0.3) is 0 Å². The van der Waals surface area contributed by atoms with Gasteiger partial charge in [0.15, 0.2) is 0 Å². The fourth-order valence-corrected chi connectivity index (χ4v) is 3.94. The van der Waals surface area contributed by atoms with Gasteiger partial charge in [-0.1, -0.05) is 19.1 Å². The van der Waals surface area contributed by atoms with Gasteiger partial charge in [-0.05, 0) is 69.3 Å². The summed E-state index contributed by atoms with van der Waals surface area (Å²) in [7, 11) is 0. The normalized spacial score (nSPS) is 22.3. The molecule has 0 spiro atoms. The van der Waals surface area contributed by atoms with E-state index in [1.165, 1.54) is 37.2 Å². The summed E-state index contributed by atoms with van der Waals surface area (Å²) in [5, 5.41) is 13.3. The van der Waals surface area contributed by atoms with Crippen molar-refractivity contribution >= 4 is 5.69 Å². The van der Waals surface area contributed by atoms with Crippen LogP contribution in [0.2, 0.25) is 0 Å². The molecule has 0 amide bonds. The van der Waals surface area contributed by atoms with Gasteiger partial charge in [-0.15, -0.1) is 0 Å². The number of hydrogen-bond donors (Lipinski definition) is 2. The largest absolute Gasteiger partial charge is 0.393 e. The van der Waals surface area contributed by atoms with Crippen molar-refractivity contribution in [2.75, 3.05) is 44.2 Å². The summed E-state index contributed by atoms with van der Waals surface area (Å²) >= 11 is 0. The van der Waals surface area contributed by atoms with E-state index in [2.05, 4.69) is 53.2 Å². The first-order valence-electron chi connectivity index (χ1n) is 10.1. The van der Waals surface area contributed by atoms with Gasteiger partial charge in [-0.3, -0.25) is 0 Å². The summed E-state index contributed by atoms with van der Waals surface area (Å²) < 4.78 is 0. The molecule has 1 atom stereocenters. The molecule has 0 bridgehead atoms. The fourth-order valence-electron chi connectivity index (χ4n) is 3.94.